The lowest BCUT2D eigenvalue weighted by Gasteiger charge is -2.37. The Labute approximate surface area is 199 Å². The summed E-state index contributed by atoms with van der Waals surface area (Å²) in [6, 6.07) is 9.10. The number of allylic oxidation sites excluding steroid dienone is 4. The first-order valence-electron chi connectivity index (χ1n) is 12.4. The molecule has 2 unspecified atom stereocenters. The second-order valence-electron chi connectivity index (χ2n) is 10.0. The molecule has 0 spiro atoms. The third-order valence-corrected chi connectivity index (χ3v) is 7.06. The van der Waals surface area contributed by atoms with E-state index in [1.54, 1.807) is 6.20 Å². The molecule has 33 heavy (non-hydrogen) atoms. The molecule has 4 heteroatoms. The fourth-order valence-electron chi connectivity index (χ4n) is 4.97. The fourth-order valence-corrected chi connectivity index (χ4v) is 4.97. The predicted molar refractivity (Wildman–Crippen MR) is 136 cm³/mol. The number of hydrogen-bond acceptors (Lipinski definition) is 2. The van der Waals surface area contributed by atoms with E-state index < -0.39 is 5.92 Å². The van der Waals surface area contributed by atoms with E-state index in [1.165, 1.54) is 30.9 Å². The average Bonchev–Trinajstić information content (AvgIpc) is 2.75. The van der Waals surface area contributed by atoms with Crippen LogP contribution in [0.3, 0.4) is 0 Å². The van der Waals surface area contributed by atoms with E-state index in [1.807, 2.05) is 4.90 Å². The molecule has 1 aliphatic carbocycles. The minimum Gasteiger partial charge on any atom is -0.382 e. The minimum absolute atomic E-state index is 0.0747. The Morgan fingerprint density at radius 3 is 2.58 bits per heavy atom. The summed E-state index contributed by atoms with van der Waals surface area (Å²) in [6.45, 7) is 13.1. The van der Waals surface area contributed by atoms with Gasteiger partial charge in [0.2, 0.25) is 0 Å². The van der Waals surface area contributed by atoms with Gasteiger partial charge < -0.3 is 10.2 Å². The fraction of sp³-hybridized carbons (Fsp3) is 0.517. The van der Waals surface area contributed by atoms with Crippen LogP contribution in [-0.2, 0) is 6.42 Å². The van der Waals surface area contributed by atoms with Crippen LogP contribution in [-0.4, -0.2) is 22.9 Å². The molecule has 1 fully saturated rings. The predicted octanol–water partition coefficient (Wildman–Crippen LogP) is 7.85. The van der Waals surface area contributed by atoms with E-state index in [9.17, 15) is 8.78 Å². The number of hydrogen-bond donors (Lipinski definition) is 1. The number of rotatable bonds is 8. The minimum atomic E-state index is -2.81. The van der Waals surface area contributed by atoms with Crippen molar-refractivity contribution in [3.8, 4) is 0 Å². The molecule has 1 aromatic carbocycles. The largest absolute Gasteiger partial charge is 0.382 e. The second-order valence-corrected chi connectivity index (χ2v) is 10.0. The third kappa shape index (κ3) is 6.82. The molecule has 1 aliphatic heterocycles. The van der Waals surface area contributed by atoms with Gasteiger partial charge in [-0.15, -0.1) is 0 Å². The van der Waals surface area contributed by atoms with Crippen molar-refractivity contribution in [2.24, 2.45) is 5.92 Å². The van der Waals surface area contributed by atoms with Crippen molar-refractivity contribution in [3.05, 3.63) is 77.2 Å². The Kier molecular flexibility index (Phi) is 8.20. The van der Waals surface area contributed by atoms with Crippen molar-refractivity contribution in [2.45, 2.75) is 91.1 Å². The van der Waals surface area contributed by atoms with Gasteiger partial charge >= 0.3 is 0 Å². The first kappa shape index (κ1) is 25.3. The molecule has 3 atom stereocenters. The van der Waals surface area contributed by atoms with Crippen LogP contribution in [0.4, 0.5) is 8.78 Å². The maximum atomic E-state index is 13.9. The van der Waals surface area contributed by atoms with E-state index >= 15 is 0 Å². The zero-order valence-electron chi connectivity index (χ0n) is 20.9. The number of halogens is 2. The molecular formula is C29H40F2N2. The van der Waals surface area contributed by atoms with Crippen LogP contribution in [0, 0.1) is 5.92 Å². The SMILES string of the molecule is C=C(NC1CCC[C@H](CC2=CC(C)=CC(C)N2/C=C(\C)C(C)(F)F)C1)c1ccc(CC)cc1. The molecular weight excluding hydrogens is 414 g/mol. The number of aryl methyl sites for hydroxylation is 1. The monoisotopic (exact) mass is 454 g/mol. The van der Waals surface area contributed by atoms with E-state index in [0.717, 1.165) is 49.6 Å². The smallest absolute Gasteiger partial charge is 0.268 e. The van der Waals surface area contributed by atoms with Crippen LogP contribution in [0.1, 0.15) is 77.8 Å². The summed E-state index contributed by atoms with van der Waals surface area (Å²) in [7, 11) is 0. The molecule has 0 amide bonds. The molecule has 1 aromatic rings. The Hall–Kier alpha value is -2.36. The molecule has 1 heterocycles. The molecule has 0 aromatic heterocycles. The van der Waals surface area contributed by atoms with Crippen LogP contribution in [0.5, 0.6) is 0 Å². The van der Waals surface area contributed by atoms with Crippen molar-refractivity contribution in [1.82, 2.24) is 10.2 Å². The first-order valence-corrected chi connectivity index (χ1v) is 12.4. The molecule has 1 N–H and O–H groups in total. The number of nitrogens with one attached hydrogen (secondary N) is 1. The maximum absolute atomic E-state index is 13.9. The lowest BCUT2D eigenvalue weighted by atomic mass is 9.82. The van der Waals surface area contributed by atoms with Gasteiger partial charge in [-0.2, -0.15) is 0 Å². The summed E-state index contributed by atoms with van der Waals surface area (Å²) in [4.78, 5) is 2.05. The Morgan fingerprint density at radius 1 is 1.24 bits per heavy atom. The van der Waals surface area contributed by atoms with E-state index in [0.29, 0.717) is 12.0 Å². The number of nitrogens with zero attached hydrogens (tertiary/aromatic N) is 1. The molecule has 0 radical (unpaired) electrons. The van der Waals surface area contributed by atoms with E-state index in [-0.39, 0.29) is 11.6 Å². The quantitative estimate of drug-likeness (QED) is 0.430. The van der Waals surface area contributed by atoms with Crippen molar-refractivity contribution >= 4 is 5.70 Å². The van der Waals surface area contributed by atoms with Crippen LogP contribution < -0.4 is 5.32 Å². The summed E-state index contributed by atoms with van der Waals surface area (Å²) < 4.78 is 27.7. The Balaban J connectivity index is 1.67. The molecule has 1 saturated carbocycles. The number of alkyl halides is 2. The molecule has 2 aliphatic rings. The Bertz CT molecular complexity index is 918. The highest BCUT2D eigenvalue weighted by molar-refractivity contribution is 5.62. The van der Waals surface area contributed by atoms with Gasteiger partial charge in [0.15, 0.2) is 0 Å². The van der Waals surface area contributed by atoms with Crippen LogP contribution in [0.25, 0.3) is 5.70 Å². The lowest BCUT2D eigenvalue weighted by molar-refractivity contribution is 0.0614. The molecule has 3 rings (SSSR count). The van der Waals surface area contributed by atoms with Crippen LogP contribution in [0.15, 0.2) is 66.0 Å². The van der Waals surface area contributed by atoms with Gasteiger partial charge in [0.05, 0.1) is 0 Å². The van der Waals surface area contributed by atoms with Crippen molar-refractivity contribution < 1.29 is 8.78 Å². The maximum Gasteiger partial charge on any atom is 0.268 e. The summed E-state index contributed by atoms with van der Waals surface area (Å²) in [5.41, 5.74) is 5.91. The van der Waals surface area contributed by atoms with Crippen molar-refractivity contribution in [2.75, 3.05) is 0 Å². The first-order chi connectivity index (χ1) is 15.6. The average molecular weight is 455 g/mol. The van der Waals surface area contributed by atoms with Crippen molar-refractivity contribution in [3.63, 3.8) is 0 Å². The summed E-state index contributed by atoms with van der Waals surface area (Å²) in [6.07, 6.45) is 12.5. The van der Waals surface area contributed by atoms with Crippen molar-refractivity contribution in [1.29, 1.82) is 0 Å². The zero-order chi connectivity index (χ0) is 24.2. The van der Waals surface area contributed by atoms with Gasteiger partial charge in [0, 0.05) is 42.2 Å². The van der Waals surface area contributed by atoms with Crippen LogP contribution >= 0.6 is 0 Å². The molecule has 0 bridgehead atoms. The summed E-state index contributed by atoms with van der Waals surface area (Å²) >= 11 is 0. The van der Waals surface area contributed by atoms with Gasteiger partial charge in [-0.25, -0.2) is 8.78 Å². The topological polar surface area (TPSA) is 15.3 Å². The van der Waals surface area contributed by atoms with E-state index in [2.05, 4.69) is 69.1 Å². The van der Waals surface area contributed by atoms with Gasteiger partial charge in [-0.1, -0.05) is 55.8 Å². The van der Waals surface area contributed by atoms with Gasteiger partial charge in [-0.05, 0) is 76.0 Å². The van der Waals surface area contributed by atoms with Gasteiger partial charge in [-0.3, -0.25) is 0 Å². The third-order valence-electron chi connectivity index (χ3n) is 7.06. The highest BCUT2D eigenvalue weighted by Gasteiger charge is 2.29. The zero-order valence-corrected chi connectivity index (χ0v) is 20.9. The highest BCUT2D eigenvalue weighted by atomic mass is 19.3. The highest BCUT2D eigenvalue weighted by Crippen LogP contribution is 2.35. The van der Waals surface area contributed by atoms with Gasteiger partial charge in [0.1, 0.15) is 0 Å². The summed E-state index contributed by atoms with van der Waals surface area (Å²) in [5.74, 6) is -2.29. The number of benzene rings is 1. The normalized spacial score (nSPS) is 24.3. The summed E-state index contributed by atoms with van der Waals surface area (Å²) in [5, 5.41) is 3.67. The molecule has 2 nitrogen and oxygen atoms in total. The van der Waals surface area contributed by atoms with Gasteiger partial charge in [0.25, 0.3) is 5.92 Å². The van der Waals surface area contributed by atoms with Crippen LogP contribution in [0.2, 0.25) is 0 Å². The second kappa shape index (κ2) is 10.7. The molecule has 180 valence electrons. The Morgan fingerprint density at radius 2 is 1.94 bits per heavy atom. The molecule has 0 saturated heterocycles. The standard InChI is InChI=1S/C29H40F2N2/c1-7-24-11-13-26(14-12-24)23(5)32-27-10-8-9-25(17-27)18-28-16-20(2)15-22(4)33(28)19-21(3)29(6,30)31/h11-16,19,22,25,27,32H,5,7-10,17-18H2,1-4,6H3/b21-19+/t22?,25-,27?/m0/s1. The lowest BCUT2D eigenvalue weighted by Crippen LogP contribution is -2.35. The van der Waals surface area contributed by atoms with E-state index in [4.69, 9.17) is 0 Å².